The molecule has 3 nitrogen and oxygen atoms in total. The summed E-state index contributed by atoms with van der Waals surface area (Å²) in [6.07, 6.45) is 6.66. The molecule has 108 valence electrons. The van der Waals surface area contributed by atoms with Gasteiger partial charge in [0.1, 0.15) is 0 Å². The van der Waals surface area contributed by atoms with Crippen molar-refractivity contribution in [3.63, 3.8) is 0 Å². The molecule has 0 fully saturated rings. The number of rotatable bonds is 6. The van der Waals surface area contributed by atoms with E-state index in [-0.39, 0.29) is 0 Å². The molecule has 0 aliphatic carbocycles. The summed E-state index contributed by atoms with van der Waals surface area (Å²) in [7, 11) is 0. The highest BCUT2D eigenvalue weighted by Crippen LogP contribution is 2.16. The molecule has 1 atom stereocenters. The highest BCUT2D eigenvalue weighted by Gasteiger charge is 2.05. The molecule has 0 radical (unpaired) electrons. The molecule has 4 heteroatoms. The quantitative estimate of drug-likeness (QED) is 0.749. The minimum absolute atomic E-state index is 0.363. The average molecular weight is 297 g/mol. The van der Waals surface area contributed by atoms with Gasteiger partial charge in [-0.25, -0.2) is 4.98 Å². The Morgan fingerprint density at radius 2 is 2.10 bits per heavy atom. The summed E-state index contributed by atoms with van der Waals surface area (Å²) < 4.78 is 2.01. The van der Waals surface area contributed by atoms with E-state index < -0.39 is 0 Å². The third-order valence-electron chi connectivity index (χ3n) is 3.60. The van der Waals surface area contributed by atoms with Crippen molar-refractivity contribution in [2.24, 2.45) is 0 Å². The highest BCUT2D eigenvalue weighted by molar-refractivity contribution is 7.09. The van der Waals surface area contributed by atoms with Gasteiger partial charge in [-0.05, 0) is 42.5 Å². The van der Waals surface area contributed by atoms with Crippen LogP contribution in [0.3, 0.4) is 0 Å². The molecule has 2 heterocycles. The molecule has 1 aromatic carbocycles. The van der Waals surface area contributed by atoms with Crippen LogP contribution in [0.25, 0.3) is 5.69 Å². The molecule has 3 aromatic rings. The minimum Gasteiger partial charge on any atom is -0.310 e. The molecule has 0 aliphatic rings. The third-order valence-corrected chi connectivity index (χ3v) is 4.53. The Kier molecular flexibility index (Phi) is 4.48. The van der Waals surface area contributed by atoms with Gasteiger partial charge in [0.15, 0.2) is 0 Å². The number of aromatic nitrogens is 2. The first kappa shape index (κ1) is 14.0. The fourth-order valence-electron chi connectivity index (χ4n) is 2.33. The zero-order valence-corrected chi connectivity index (χ0v) is 12.9. The van der Waals surface area contributed by atoms with Crippen LogP contribution in [0.4, 0.5) is 0 Å². The van der Waals surface area contributed by atoms with Crippen molar-refractivity contribution in [1.82, 2.24) is 14.9 Å². The lowest BCUT2D eigenvalue weighted by Crippen LogP contribution is -2.21. The number of nitrogens with zero attached hydrogens (tertiary/aromatic N) is 2. The third kappa shape index (κ3) is 3.60. The number of hydrogen-bond donors (Lipinski definition) is 1. The van der Waals surface area contributed by atoms with Crippen molar-refractivity contribution in [2.75, 3.05) is 6.54 Å². The van der Waals surface area contributed by atoms with Crippen molar-refractivity contribution >= 4 is 11.3 Å². The molecule has 3 rings (SSSR count). The van der Waals surface area contributed by atoms with Gasteiger partial charge >= 0.3 is 0 Å². The number of nitrogens with one attached hydrogen (secondary N) is 1. The van der Waals surface area contributed by atoms with Crippen molar-refractivity contribution in [1.29, 1.82) is 0 Å². The predicted octanol–water partition coefficient (Wildman–Crippen LogP) is 3.83. The predicted molar refractivity (Wildman–Crippen MR) is 88.0 cm³/mol. The van der Waals surface area contributed by atoms with E-state index in [0.29, 0.717) is 6.04 Å². The second-order valence-corrected chi connectivity index (χ2v) is 6.10. The molecular formula is C17H19N3S. The van der Waals surface area contributed by atoms with Crippen molar-refractivity contribution in [2.45, 2.75) is 19.4 Å². The maximum Gasteiger partial charge on any atom is 0.0991 e. The van der Waals surface area contributed by atoms with Gasteiger partial charge in [-0.1, -0.05) is 18.2 Å². The highest BCUT2D eigenvalue weighted by atomic mass is 32.1. The number of thiophene rings is 1. The van der Waals surface area contributed by atoms with Gasteiger partial charge < -0.3 is 9.88 Å². The molecule has 0 saturated heterocycles. The second-order valence-electron chi connectivity index (χ2n) is 5.07. The maximum absolute atomic E-state index is 4.07. The topological polar surface area (TPSA) is 29.9 Å². The van der Waals surface area contributed by atoms with Crippen LogP contribution in [0.2, 0.25) is 0 Å². The summed E-state index contributed by atoms with van der Waals surface area (Å²) in [5.74, 6) is 0. The van der Waals surface area contributed by atoms with Crippen LogP contribution in [0.1, 0.15) is 23.4 Å². The van der Waals surface area contributed by atoms with Crippen LogP contribution in [-0.4, -0.2) is 16.1 Å². The van der Waals surface area contributed by atoms with Gasteiger partial charge in [0.05, 0.1) is 6.33 Å². The van der Waals surface area contributed by atoms with E-state index in [1.807, 2.05) is 28.4 Å². The van der Waals surface area contributed by atoms with E-state index in [4.69, 9.17) is 0 Å². The average Bonchev–Trinajstić information content (AvgIpc) is 3.21. The summed E-state index contributed by atoms with van der Waals surface area (Å²) in [6, 6.07) is 13.3. The zero-order chi connectivity index (χ0) is 14.5. The summed E-state index contributed by atoms with van der Waals surface area (Å²) in [6.45, 7) is 3.21. The van der Waals surface area contributed by atoms with Crippen LogP contribution in [0.5, 0.6) is 0 Å². The van der Waals surface area contributed by atoms with E-state index in [0.717, 1.165) is 18.7 Å². The fourth-order valence-corrected chi connectivity index (χ4v) is 3.04. The Hall–Kier alpha value is -1.91. The first-order chi connectivity index (χ1) is 10.3. The first-order valence-corrected chi connectivity index (χ1v) is 8.05. The maximum atomic E-state index is 4.07. The van der Waals surface area contributed by atoms with Gasteiger partial charge in [-0.2, -0.15) is 0 Å². The van der Waals surface area contributed by atoms with Crippen LogP contribution in [0, 0.1) is 0 Å². The lowest BCUT2D eigenvalue weighted by molar-refractivity contribution is 0.578. The molecule has 2 aromatic heterocycles. The van der Waals surface area contributed by atoms with E-state index in [1.165, 1.54) is 10.4 Å². The zero-order valence-electron chi connectivity index (χ0n) is 12.1. The number of imidazole rings is 1. The Balaban J connectivity index is 1.56. The number of hydrogen-bond acceptors (Lipinski definition) is 3. The molecule has 0 spiro atoms. The number of benzene rings is 1. The molecule has 0 amide bonds. The standard InChI is InChI=1S/C17H19N3S/c1-14(19-9-8-17-3-2-12-21-17)15-4-6-16(7-5-15)20-11-10-18-13-20/h2-7,10-14,19H,8-9H2,1H3. The van der Waals surface area contributed by atoms with Crippen LogP contribution >= 0.6 is 11.3 Å². The van der Waals surface area contributed by atoms with Crippen LogP contribution in [0.15, 0.2) is 60.5 Å². The van der Waals surface area contributed by atoms with E-state index >= 15 is 0 Å². The van der Waals surface area contributed by atoms with Gasteiger partial charge in [-0.3, -0.25) is 0 Å². The normalized spacial score (nSPS) is 12.4. The van der Waals surface area contributed by atoms with Crippen molar-refractivity contribution < 1.29 is 0 Å². The largest absolute Gasteiger partial charge is 0.310 e. The Morgan fingerprint density at radius 3 is 2.76 bits per heavy atom. The SMILES string of the molecule is CC(NCCc1cccs1)c1ccc(-n2ccnc2)cc1. The molecule has 1 unspecified atom stereocenters. The van der Waals surface area contributed by atoms with Crippen LogP contribution in [-0.2, 0) is 6.42 Å². The summed E-state index contributed by atoms with van der Waals surface area (Å²) in [4.78, 5) is 5.51. The van der Waals surface area contributed by atoms with Gasteiger partial charge in [0.2, 0.25) is 0 Å². The molecule has 21 heavy (non-hydrogen) atoms. The molecule has 0 saturated carbocycles. The first-order valence-electron chi connectivity index (χ1n) is 7.17. The van der Waals surface area contributed by atoms with Crippen LogP contribution < -0.4 is 5.32 Å². The van der Waals surface area contributed by atoms with Crippen molar-refractivity contribution in [3.8, 4) is 5.69 Å². The Bertz CT molecular complexity index is 642. The summed E-state index contributed by atoms with van der Waals surface area (Å²) in [5.41, 5.74) is 2.45. The molecular weight excluding hydrogens is 278 g/mol. The fraction of sp³-hybridized carbons (Fsp3) is 0.235. The lowest BCUT2D eigenvalue weighted by Gasteiger charge is -2.14. The van der Waals surface area contributed by atoms with E-state index in [9.17, 15) is 0 Å². The monoisotopic (exact) mass is 297 g/mol. The smallest absolute Gasteiger partial charge is 0.0991 e. The Labute approximate surface area is 129 Å². The van der Waals surface area contributed by atoms with Gasteiger partial charge in [-0.15, -0.1) is 11.3 Å². The lowest BCUT2D eigenvalue weighted by atomic mass is 10.1. The van der Waals surface area contributed by atoms with Crippen molar-refractivity contribution in [3.05, 3.63) is 70.9 Å². The summed E-state index contributed by atoms with van der Waals surface area (Å²) in [5, 5.41) is 5.71. The second kappa shape index (κ2) is 6.70. The Morgan fingerprint density at radius 1 is 1.24 bits per heavy atom. The van der Waals surface area contributed by atoms with E-state index in [2.05, 4.69) is 59.0 Å². The molecule has 1 N–H and O–H groups in total. The molecule has 0 bridgehead atoms. The van der Waals surface area contributed by atoms with Gasteiger partial charge in [0.25, 0.3) is 0 Å². The summed E-state index contributed by atoms with van der Waals surface area (Å²) >= 11 is 1.82. The molecule has 0 aliphatic heterocycles. The minimum atomic E-state index is 0.363. The van der Waals surface area contributed by atoms with Gasteiger partial charge in [0, 0.05) is 35.5 Å². The van der Waals surface area contributed by atoms with E-state index in [1.54, 1.807) is 6.20 Å².